The van der Waals surface area contributed by atoms with Crippen LogP contribution in [0.3, 0.4) is 0 Å². The van der Waals surface area contributed by atoms with Crippen LogP contribution in [0, 0.1) is 5.92 Å². The molecule has 6 nitrogen and oxygen atoms in total. The van der Waals surface area contributed by atoms with Crippen molar-refractivity contribution in [1.82, 2.24) is 16.0 Å². The van der Waals surface area contributed by atoms with Gasteiger partial charge in [-0.25, -0.2) is 0 Å². The molecule has 0 bridgehead atoms. The molecule has 0 spiro atoms. The van der Waals surface area contributed by atoms with Gasteiger partial charge in [-0.2, -0.15) is 0 Å². The Kier molecular flexibility index (Phi) is 7.12. The first kappa shape index (κ1) is 16.2. The predicted octanol–water partition coefficient (Wildman–Crippen LogP) is -0.571. The second-order valence-electron chi connectivity index (χ2n) is 4.85. The molecule has 0 radical (unpaired) electrons. The van der Waals surface area contributed by atoms with Gasteiger partial charge in [0.05, 0.1) is 13.2 Å². The fraction of sp³-hybridized carbons (Fsp3) is 0.833. The molecule has 2 aliphatic rings. The lowest BCUT2D eigenvalue weighted by Crippen LogP contribution is -2.45. The molecule has 2 amide bonds. The number of amides is 2. The van der Waals surface area contributed by atoms with E-state index in [9.17, 15) is 9.59 Å². The van der Waals surface area contributed by atoms with E-state index in [2.05, 4.69) is 16.0 Å². The molecule has 1 atom stereocenters. The number of morpholine rings is 1. The van der Waals surface area contributed by atoms with Gasteiger partial charge < -0.3 is 20.7 Å². The van der Waals surface area contributed by atoms with Crippen LogP contribution in [0.25, 0.3) is 0 Å². The molecule has 19 heavy (non-hydrogen) atoms. The average molecular weight is 292 g/mol. The Hall–Kier alpha value is -0.850. The molecule has 110 valence electrons. The molecule has 1 unspecified atom stereocenters. The molecule has 1 heterocycles. The summed E-state index contributed by atoms with van der Waals surface area (Å²) >= 11 is 0. The van der Waals surface area contributed by atoms with Crippen LogP contribution in [-0.4, -0.2) is 50.7 Å². The summed E-state index contributed by atoms with van der Waals surface area (Å²) in [5.41, 5.74) is 0. The van der Waals surface area contributed by atoms with Crippen molar-refractivity contribution in [3.8, 4) is 0 Å². The van der Waals surface area contributed by atoms with E-state index in [1.165, 1.54) is 0 Å². The number of hydrogen-bond donors (Lipinski definition) is 3. The Morgan fingerprint density at radius 3 is 2.58 bits per heavy atom. The molecule has 0 aromatic rings. The summed E-state index contributed by atoms with van der Waals surface area (Å²) < 4.78 is 5.27. The summed E-state index contributed by atoms with van der Waals surface area (Å²) in [6, 6.07) is 0.111. The van der Waals surface area contributed by atoms with E-state index in [0.29, 0.717) is 32.7 Å². The number of carbonyl (C=O) groups excluding carboxylic acids is 2. The topological polar surface area (TPSA) is 79.5 Å². The standard InChI is InChI=1S/C12H21N3O3.ClH/c16-11(7-10-8-18-6-5-13-10)14-3-4-15-12(17)9-1-2-9;/h9-10,13H,1-8H2,(H,14,16)(H,15,17);1H. The van der Waals surface area contributed by atoms with Gasteiger partial charge in [-0.1, -0.05) is 0 Å². The molecular formula is C12H22ClN3O3. The van der Waals surface area contributed by atoms with Crippen LogP contribution in [-0.2, 0) is 14.3 Å². The maximum Gasteiger partial charge on any atom is 0.223 e. The largest absolute Gasteiger partial charge is 0.378 e. The third-order valence-electron chi connectivity index (χ3n) is 3.12. The van der Waals surface area contributed by atoms with Crippen LogP contribution in [0.2, 0.25) is 0 Å². The molecular weight excluding hydrogens is 270 g/mol. The van der Waals surface area contributed by atoms with Gasteiger partial charge in [0.1, 0.15) is 0 Å². The fourth-order valence-electron chi connectivity index (χ4n) is 1.92. The Morgan fingerprint density at radius 2 is 1.95 bits per heavy atom. The van der Waals surface area contributed by atoms with Crippen molar-refractivity contribution in [1.29, 1.82) is 0 Å². The minimum absolute atomic E-state index is 0. The smallest absolute Gasteiger partial charge is 0.223 e. The van der Waals surface area contributed by atoms with Gasteiger partial charge in [-0.3, -0.25) is 9.59 Å². The van der Waals surface area contributed by atoms with Gasteiger partial charge in [-0.15, -0.1) is 12.4 Å². The molecule has 7 heteroatoms. The van der Waals surface area contributed by atoms with Crippen LogP contribution in [0.15, 0.2) is 0 Å². The van der Waals surface area contributed by atoms with E-state index < -0.39 is 0 Å². The van der Waals surface area contributed by atoms with Crippen LogP contribution in [0.5, 0.6) is 0 Å². The minimum Gasteiger partial charge on any atom is -0.378 e. The number of carbonyl (C=O) groups is 2. The summed E-state index contributed by atoms with van der Waals surface area (Å²) in [7, 11) is 0. The molecule has 1 saturated heterocycles. The lowest BCUT2D eigenvalue weighted by Gasteiger charge is -2.23. The van der Waals surface area contributed by atoms with Crippen LogP contribution in [0.4, 0.5) is 0 Å². The van der Waals surface area contributed by atoms with Crippen molar-refractivity contribution in [2.24, 2.45) is 5.92 Å². The Balaban J connectivity index is 0.00000180. The van der Waals surface area contributed by atoms with E-state index in [0.717, 1.165) is 19.4 Å². The monoisotopic (exact) mass is 291 g/mol. The Labute approximate surface area is 119 Å². The molecule has 1 aliphatic carbocycles. The van der Waals surface area contributed by atoms with E-state index >= 15 is 0 Å². The Morgan fingerprint density at radius 1 is 1.21 bits per heavy atom. The van der Waals surface area contributed by atoms with E-state index in [4.69, 9.17) is 4.74 Å². The molecule has 3 N–H and O–H groups in total. The molecule has 1 saturated carbocycles. The molecule has 0 aromatic carbocycles. The highest BCUT2D eigenvalue weighted by Crippen LogP contribution is 2.28. The van der Waals surface area contributed by atoms with Gasteiger partial charge in [-0.05, 0) is 12.8 Å². The molecule has 2 fully saturated rings. The van der Waals surface area contributed by atoms with Gasteiger partial charge in [0.2, 0.25) is 11.8 Å². The van der Waals surface area contributed by atoms with Crippen LogP contribution < -0.4 is 16.0 Å². The van der Waals surface area contributed by atoms with Crippen molar-refractivity contribution in [2.75, 3.05) is 32.8 Å². The van der Waals surface area contributed by atoms with Gasteiger partial charge in [0, 0.05) is 38.0 Å². The second-order valence-corrected chi connectivity index (χ2v) is 4.85. The first-order valence-corrected chi connectivity index (χ1v) is 6.61. The third kappa shape index (κ3) is 6.22. The van der Waals surface area contributed by atoms with Crippen LogP contribution >= 0.6 is 12.4 Å². The van der Waals surface area contributed by atoms with Crippen molar-refractivity contribution < 1.29 is 14.3 Å². The fourth-order valence-corrected chi connectivity index (χ4v) is 1.92. The lowest BCUT2D eigenvalue weighted by molar-refractivity contribution is -0.124. The predicted molar refractivity (Wildman–Crippen MR) is 73.2 cm³/mol. The maximum absolute atomic E-state index is 11.6. The summed E-state index contributed by atoms with van der Waals surface area (Å²) in [4.78, 5) is 22.9. The quantitative estimate of drug-likeness (QED) is 0.573. The van der Waals surface area contributed by atoms with E-state index in [1.807, 2.05) is 0 Å². The van der Waals surface area contributed by atoms with Crippen LogP contribution in [0.1, 0.15) is 19.3 Å². The van der Waals surface area contributed by atoms with Gasteiger partial charge in [0.25, 0.3) is 0 Å². The highest BCUT2D eigenvalue weighted by molar-refractivity contribution is 5.85. The highest BCUT2D eigenvalue weighted by atomic mass is 35.5. The van der Waals surface area contributed by atoms with Crippen molar-refractivity contribution in [2.45, 2.75) is 25.3 Å². The van der Waals surface area contributed by atoms with E-state index in [1.54, 1.807) is 0 Å². The summed E-state index contributed by atoms with van der Waals surface area (Å²) in [5.74, 6) is 0.342. The zero-order chi connectivity index (χ0) is 12.8. The van der Waals surface area contributed by atoms with Crippen molar-refractivity contribution >= 4 is 24.2 Å². The maximum atomic E-state index is 11.6. The SMILES string of the molecule is Cl.O=C(CC1COCCN1)NCCNC(=O)C1CC1. The zero-order valence-electron chi connectivity index (χ0n) is 10.9. The number of rotatable bonds is 6. The van der Waals surface area contributed by atoms with Crippen molar-refractivity contribution in [3.05, 3.63) is 0 Å². The molecule has 1 aliphatic heterocycles. The van der Waals surface area contributed by atoms with Gasteiger partial charge >= 0.3 is 0 Å². The number of hydrogen-bond acceptors (Lipinski definition) is 4. The summed E-state index contributed by atoms with van der Waals surface area (Å²) in [6.45, 7) is 3.10. The molecule has 0 aromatic heterocycles. The third-order valence-corrected chi connectivity index (χ3v) is 3.12. The zero-order valence-corrected chi connectivity index (χ0v) is 11.8. The summed E-state index contributed by atoms with van der Waals surface area (Å²) in [6.07, 6.45) is 2.44. The number of halogens is 1. The Bertz CT molecular complexity index is 305. The number of ether oxygens (including phenoxy) is 1. The first-order valence-electron chi connectivity index (χ1n) is 6.61. The van der Waals surface area contributed by atoms with Gasteiger partial charge in [0.15, 0.2) is 0 Å². The normalized spacial score (nSPS) is 22.2. The lowest BCUT2D eigenvalue weighted by atomic mass is 10.2. The minimum atomic E-state index is -0.00123. The highest BCUT2D eigenvalue weighted by Gasteiger charge is 2.29. The van der Waals surface area contributed by atoms with E-state index in [-0.39, 0.29) is 36.2 Å². The second kappa shape index (κ2) is 8.35. The summed E-state index contributed by atoms with van der Waals surface area (Å²) in [5, 5.41) is 8.83. The number of nitrogens with one attached hydrogen (secondary N) is 3. The average Bonchev–Trinajstić information content (AvgIpc) is 3.20. The van der Waals surface area contributed by atoms with Crippen molar-refractivity contribution in [3.63, 3.8) is 0 Å². The first-order chi connectivity index (χ1) is 8.75. The molecule has 2 rings (SSSR count).